The third-order valence-corrected chi connectivity index (χ3v) is 12.0. The van der Waals surface area contributed by atoms with Crippen LogP contribution in [0.15, 0.2) is 24.3 Å². The van der Waals surface area contributed by atoms with Crippen LogP contribution in [0.5, 0.6) is 0 Å². The first kappa shape index (κ1) is 57.3. The molecule has 6 heteroatoms. The number of aliphatic hydroxyl groups is 2. The van der Waals surface area contributed by atoms with Crippen molar-refractivity contribution in [1.29, 1.82) is 0 Å². The second kappa shape index (κ2) is 47.4. The number of ether oxygens (including phenoxy) is 1. The molecule has 0 radical (unpaired) electrons. The molecule has 0 saturated heterocycles. The lowest BCUT2D eigenvalue weighted by molar-refractivity contribution is -0.150. The van der Waals surface area contributed by atoms with Crippen LogP contribution in [0.25, 0.3) is 0 Å². The van der Waals surface area contributed by atoms with Gasteiger partial charge in [-0.15, -0.1) is 0 Å². The summed E-state index contributed by atoms with van der Waals surface area (Å²) in [4.78, 5) is 26.0. The number of aliphatic hydroxyl groups excluding tert-OH is 2. The van der Waals surface area contributed by atoms with Crippen molar-refractivity contribution >= 4 is 11.9 Å². The fraction of sp³-hybridized carbons (Fsp3) is 0.887. The highest BCUT2D eigenvalue weighted by Gasteiger charge is 2.24. The van der Waals surface area contributed by atoms with Crippen LogP contribution >= 0.6 is 0 Å². The second-order valence-electron chi connectivity index (χ2n) is 17.9. The molecule has 348 valence electrons. The summed E-state index contributed by atoms with van der Waals surface area (Å²) in [6, 6.07) is -0.706. The Morgan fingerprint density at radius 2 is 0.864 bits per heavy atom. The molecule has 0 fully saturated rings. The molecular weight excluding hydrogens is 731 g/mol. The van der Waals surface area contributed by atoms with Gasteiger partial charge in [0.15, 0.2) is 0 Å². The van der Waals surface area contributed by atoms with Gasteiger partial charge in [0.25, 0.3) is 0 Å². The molecule has 0 aromatic carbocycles. The normalized spacial score (nSPS) is 13.4. The lowest BCUT2D eigenvalue weighted by atomic mass is 10.0. The lowest BCUT2D eigenvalue weighted by Gasteiger charge is -2.24. The van der Waals surface area contributed by atoms with E-state index in [1.807, 2.05) is 0 Å². The minimum Gasteiger partial charge on any atom is -0.462 e. The Morgan fingerprint density at radius 3 is 1.29 bits per heavy atom. The van der Waals surface area contributed by atoms with Gasteiger partial charge in [-0.3, -0.25) is 9.59 Å². The van der Waals surface area contributed by atoms with E-state index in [0.29, 0.717) is 25.7 Å². The number of carbonyl (C=O) groups is 2. The fourth-order valence-corrected chi connectivity index (χ4v) is 8.07. The number of allylic oxidation sites excluding steroid dienone is 4. The number of hydrogen-bond donors (Lipinski definition) is 3. The van der Waals surface area contributed by atoms with Gasteiger partial charge in [0.2, 0.25) is 5.91 Å². The molecule has 0 aliphatic rings. The molecule has 0 heterocycles. The molecule has 0 aromatic rings. The van der Waals surface area contributed by atoms with E-state index >= 15 is 0 Å². The first-order valence-corrected chi connectivity index (χ1v) is 26.1. The zero-order valence-electron chi connectivity index (χ0n) is 39.7. The van der Waals surface area contributed by atoms with E-state index in [9.17, 15) is 19.8 Å². The van der Waals surface area contributed by atoms with Crippen LogP contribution in [-0.2, 0) is 14.3 Å². The molecule has 0 saturated carbocycles. The van der Waals surface area contributed by atoms with Crippen LogP contribution in [0.4, 0.5) is 0 Å². The van der Waals surface area contributed by atoms with Crippen LogP contribution in [0, 0.1) is 0 Å². The highest BCUT2D eigenvalue weighted by atomic mass is 16.5. The second-order valence-corrected chi connectivity index (χ2v) is 17.9. The van der Waals surface area contributed by atoms with Gasteiger partial charge in [0.05, 0.1) is 25.2 Å². The Hall–Kier alpha value is -1.66. The van der Waals surface area contributed by atoms with Gasteiger partial charge in [0, 0.05) is 6.42 Å². The number of hydrogen-bond acceptors (Lipinski definition) is 5. The van der Waals surface area contributed by atoms with E-state index in [-0.39, 0.29) is 24.9 Å². The van der Waals surface area contributed by atoms with Crippen molar-refractivity contribution in [2.24, 2.45) is 0 Å². The maximum absolute atomic E-state index is 13.2. The Morgan fingerprint density at radius 1 is 0.492 bits per heavy atom. The molecule has 3 N–H and O–H groups in total. The molecular formula is C53H101NO5. The van der Waals surface area contributed by atoms with Gasteiger partial charge in [0.1, 0.15) is 6.10 Å². The summed E-state index contributed by atoms with van der Waals surface area (Å²) < 4.78 is 5.89. The van der Waals surface area contributed by atoms with Gasteiger partial charge in [-0.25, -0.2) is 0 Å². The summed E-state index contributed by atoms with van der Waals surface area (Å²) in [7, 11) is 0. The maximum atomic E-state index is 13.2. The van der Waals surface area contributed by atoms with Crippen LogP contribution in [0.2, 0.25) is 0 Å². The standard InChI is InChI=1S/C53H101NO5/c1-4-7-10-13-16-19-22-24-25-26-28-30-33-36-39-42-45-51(56)50(48-55)54-52(57)47-49(44-41-38-35-32-29-21-18-15-12-9-6-3)59-53(58)46-43-40-37-34-31-27-23-20-17-14-11-8-5-2/h27,31,37,40,49-51,55-56H,4-26,28-30,32-36,38-39,41-48H2,1-3H3,(H,54,57)/b31-27-,40-37+. The van der Waals surface area contributed by atoms with Gasteiger partial charge >= 0.3 is 5.97 Å². The Balaban J connectivity index is 4.53. The zero-order valence-corrected chi connectivity index (χ0v) is 39.7. The van der Waals surface area contributed by atoms with Gasteiger partial charge < -0.3 is 20.3 Å². The Bertz CT molecular complexity index is 935. The SMILES string of the molecule is CCCCCCCC/C=C\C/C=C/CCC(=O)OC(CCCCCCCCCCCCC)CC(=O)NC(CO)C(O)CCCCCCCCCCCCCCCCCC. The summed E-state index contributed by atoms with van der Waals surface area (Å²) in [6.07, 6.45) is 53.9. The molecule has 0 aromatic heterocycles. The minimum absolute atomic E-state index is 0.0605. The predicted octanol–water partition coefficient (Wildman–Crippen LogP) is 15.5. The highest BCUT2D eigenvalue weighted by molar-refractivity contribution is 5.77. The third-order valence-electron chi connectivity index (χ3n) is 12.0. The van der Waals surface area contributed by atoms with Crippen molar-refractivity contribution in [2.75, 3.05) is 6.61 Å². The van der Waals surface area contributed by atoms with Gasteiger partial charge in [-0.1, -0.05) is 244 Å². The summed E-state index contributed by atoms with van der Waals surface area (Å²) in [5.74, 6) is -0.542. The number of nitrogens with one attached hydrogen (secondary N) is 1. The smallest absolute Gasteiger partial charge is 0.306 e. The van der Waals surface area contributed by atoms with E-state index in [0.717, 1.165) is 44.9 Å². The van der Waals surface area contributed by atoms with E-state index in [1.165, 1.54) is 180 Å². The highest BCUT2D eigenvalue weighted by Crippen LogP contribution is 2.18. The van der Waals surface area contributed by atoms with Crippen molar-refractivity contribution in [2.45, 2.75) is 296 Å². The number of esters is 1. The lowest BCUT2D eigenvalue weighted by Crippen LogP contribution is -2.46. The number of carbonyl (C=O) groups excluding carboxylic acids is 2. The number of rotatable bonds is 47. The Kier molecular flexibility index (Phi) is 46.1. The fourth-order valence-electron chi connectivity index (χ4n) is 8.07. The van der Waals surface area contributed by atoms with Crippen molar-refractivity contribution in [3.05, 3.63) is 24.3 Å². The van der Waals surface area contributed by atoms with Crippen LogP contribution in [0.3, 0.4) is 0 Å². The molecule has 3 atom stereocenters. The molecule has 0 aliphatic heterocycles. The molecule has 6 nitrogen and oxygen atoms in total. The predicted molar refractivity (Wildman–Crippen MR) is 255 cm³/mol. The topological polar surface area (TPSA) is 95.9 Å². The zero-order chi connectivity index (χ0) is 43.1. The van der Waals surface area contributed by atoms with Crippen molar-refractivity contribution < 1.29 is 24.5 Å². The van der Waals surface area contributed by atoms with E-state index in [1.54, 1.807) is 0 Å². The molecule has 0 spiro atoms. The van der Waals surface area contributed by atoms with Crippen molar-refractivity contribution in [3.8, 4) is 0 Å². The van der Waals surface area contributed by atoms with Crippen molar-refractivity contribution in [3.63, 3.8) is 0 Å². The average Bonchev–Trinajstić information content (AvgIpc) is 3.23. The molecule has 3 unspecified atom stereocenters. The first-order chi connectivity index (χ1) is 29.0. The third kappa shape index (κ3) is 42.8. The number of amides is 1. The van der Waals surface area contributed by atoms with E-state index in [2.05, 4.69) is 50.4 Å². The number of unbranched alkanes of at least 4 members (excludes halogenated alkanes) is 31. The largest absolute Gasteiger partial charge is 0.462 e. The molecule has 0 rings (SSSR count). The molecule has 0 bridgehead atoms. The summed E-state index contributed by atoms with van der Waals surface area (Å²) in [6.45, 7) is 6.48. The van der Waals surface area contributed by atoms with Gasteiger partial charge in [-0.05, 0) is 44.9 Å². The van der Waals surface area contributed by atoms with Crippen molar-refractivity contribution in [1.82, 2.24) is 5.32 Å². The summed E-state index contributed by atoms with van der Waals surface area (Å²) in [5, 5.41) is 23.8. The maximum Gasteiger partial charge on any atom is 0.306 e. The van der Waals surface area contributed by atoms with Crippen LogP contribution < -0.4 is 5.32 Å². The van der Waals surface area contributed by atoms with Crippen LogP contribution in [-0.4, -0.2) is 46.9 Å². The van der Waals surface area contributed by atoms with E-state index < -0.39 is 18.2 Å². The average molecular weight is 832 g/mol. The quantitative estimate of drug-likeness (QED) is 0.0322. The molecule has 0 aliphatic carbocycles. The monoisotopic (exact) mass is 832 g/mol. The van der Waals surface area contributed by atoms with Gasteiger partial charge in [-0.2, -0.15) is 0 Å². The molecule has 1 amide bonds. The first-order valence-electron chi connectivity index (χ1n) is 26.1. The summed E-state index contributed by atoms with van der Waals surface area (Å²) >= 11 is 0. The minimum atomic E-state index is -0.791. The molecule has 59 heavy (non-hydrogen) atoms. The van der Waals surface area contributed by atoms with E-state index in [4.69, 9.17) is 4.74 Å². The van der Waals surface area contributed by atoms with Crippen LogP contribution in [0.1, 0.15) is 278 Å². The summed E-state index contributed by atoms with van der Waals surface area (Å²) in [5.41, 5.74) is 0. The Labute approximate surface area is 367 Å².